The third kappa shape index (κ3) is 5.11. The summed E-state index contributed by atoms with van der Waals surface area (Å²) < 4.78 is 12.1. The van der Waals surface area contributed by atoms with Gasteiger partial charge in [0.2, 0.25) is 0 Å². The average Bonchev–Trinajstić information content (AvgIpc) is 2.96. The first-order chi connectivity index (χ1) is 19.0. The monoisotopic (exact) mass is 521 g/mol. The Kier molecular flexibility index (Phi) is 6.54. The zero-order valence-corrected chi connectivity index (χ0v) is 21.2. The van der Waals surface area contributed by atoms with Gasteiger partial charge in [0.05, 0.1) is 30.0 Å². The highest BCUT2D eigenvalue weighted by atomic mass is 16.5. The average molecular weight is 522 g/mol. The third-order valence-corrected chi connectivity index (χ3v) is 6.90. The molecule has 0 saturated heterocycles. The van der Waals surface area contributed by atoms with Gasteiger partial charge in [-0.2, -0.15) is 0 Å². The Hall–Kier alpha value is -4.92. The van der Waals surface area contributed by atoms with Gasteiger partial charge in [-0.1, -0.05) is 18.2 Å². The maximum atomic E-state index is 13.7. The molecule has 1 unspecified atom stereocenters. The van der Waals surface area contributed by atoms with Crippen molar-refractivity contribution in [2.45, 2.75) is 18.9 Å². The van der Waals surface area contributed by atoms with Crippen LogP contribution in [0.4, 0.5) is 5.82 Å². The van der Waals surface area contributed by atoms with E-state index in [0.29, 0.717) is 66.7 Å². The Balaban J connectivity index is 1.42. The van der Waals surface area contributed by atoms with Crippen molar-refractivity contribution >= 4 is 17.6 Å². The van der Waals surface area contributed by atoms with Gasteiger partial charge in [-0.05, 0) is 72.0 Å². The Morgan fingerprint density at radius 2 is 1.92 bits per heavy atom. The molecule has 5 heterocycles. The van der Waals surface area contributed by atoms with Crippen molar-refractivity contribution in [3.63, 3.8) is 0 Å². The van der Waals surface area contributed by atoms with E-state index in [0.717, 1.165) is 16.7 Å². The number of nitrogens with two attached hydrogens (primary N) is 1. The smallest absolute Gasteiger partial charge is 0.256 e. The molecule has 9 heteroatoms. The van der Waals surface area contributed by atoms with Crippen molar-refractivity contribution in [2.75, 3.05) is 25.4 Å². The molecule has 0 radical (unpaired) electrons. The normalized spacial score (nSPS) is 16.8. The van der Waals surface area contributed by atoms with E-state index in [-0.39, 0.29) is 17.9 Å². The van der Waals surface area contributed by atoms with E-state index < -0.39 is 0 Å². The van der Waals surface area contributed by atoms with Crippen LogP contribution in [0, 0.1) is 0 Å². The van der Waals surface area contributed by atoms with E-state index in [4.69, 9.17) is 15.2 Å². The van der Waals surface area contributed by atoms with Gasteiger partial charge in [0.1, 0.15) is 23.1 Å². The highest BCUT2D eigenvalue weighted by Crippen LogP contribution is 2.39. The number of nitrogen functional groups attached to an aromatic ring is 1. The molecule has 0 aliphatic carbocycles. The topological polar surface area (TPSA) is 120 Å². The number of aromatic nitrogens is 2. The molecule has 9 nitrogen and oxygen atoms in total. The van der Waals surface area contributed by atoms with Crippen LogP contribution in [0.1, 0.15) is 49.9 Å². The molecule has 3 N–H and O–H groups in total. The maximum Gasteiger partial charge on any atom is 0.256 e. The lowest BCUT2D eigenvalue weighted by Crippen LogP contribution is -2.40. The lowest BCUT2D eigenvalue weighted by atomic mass is 9.87. The molecule has 3 aliphatic rings. The number of hydrogen-bond acceptors (Lipinski definition) is 7. The summed E-state index contributed by atoms with van der Waals surface area (Å²) in [6, 6.07) is 18.4. The molecule has 0 saturated carbocycles. The fourth-order valence-electron chi connectivity index (χ4n) is 5.02. The number of anilines is 1. The Morgan fingerprint density at radius 1 is 1.00 bits per heavy atom. The van der Waals surface area contributed by atoms with Gasteiger partial charge in [0.25, 0.3) is 11.8 Å². The van der Waals surface area contributed by atoms with Crippen LogP contribution in [0.15, 0.2) is 79.3 Å². The van der Waals surface area contributed by atoms with Gasteiger partial charge in [-0.25, -0.2) is 4.98 Å². The first kappa shape index (κ1) is 24.4. The highest BCUT2D eigenvalue weighted by Gasteiger charge is 2.33. The van der Waals surface area contributed by atoms with Gasteiger partial charge in [-0.15, -0.1) is 0 Å². The number of nitrogens with one attached hydrogen (secondary N) is 1. The second-order valence-electron chi connectivity index (χ2n) is 9.53. The van der Waals surface area contributed by atoms with Crippen molar-refractivity contribution < 1.29 is 19.1 Å². The van der Waals surface area contributed by atoms with Crippen molar-refractivity contribution in [3.05, 3.63) is 107 Å². The summed E-state index contributed by atoms with van der Waals surface area (Å²) in [6.07, 6.45) is 5.89. The molecule has 1 atom stereocenters. The van der Waals surface area contributed by atoms with Gasteiger partial charge >= 0.3 is 0 Å². The summed E-state index contributed by atoms with van der Waals surface area (Å²) in [5.74, 6) is 1.83. The molecule has 4 aromatic rings. The molecule has 0 fully saturated rings. The number of fused-ring (bicyclic) bond motifs is 6. The zero-order chi connectivity index (χ0) is 26.8. The fraction of sp³-hybridized carbons (Fsp3) is 0.200. The fourth-order valence-corrected chi connectivity index (χ4v) is 5.02. The van der Waals surface area contributed by atoms with Crippen LogP contribution in [-0.4, -0.2) is 46.4 Å². The van der Waals surface area contributed by atoms with Gasteiger partial charge in [0, 0.05) is 25.5 Å². The standard InChI is InChI=1S/C30H27N5O4/c31-27-8-5-21(17-34-27)30(37)35-11-9-19-13-24-6-7-26(19)28(35)20-3-1-4-23(14-20)38-12-2-10-33-29(36)22-15-25(39-24)18-32-16-22/h1,3-8,13-18,28H,2,9-12H2,(H2,31,34)(H,33,36). The number of benzene rings is 2. The summed E-state index contributed by atoms with van der Waals surface area (Å²) in [6.45, 7) is 1.39. The van der Waals surface area contributed by atoms with Gasteiger partial charge < -0.3 is 25.4 Å². The lowest BCUT2D eigenvalue weighted by Gasteiger charge is -2.38. The molecule has 39 heavy (non-hydrogen) atoms. The van der Waals surface area contributed by atoms with E-state index >= 15 is 0 Å². The van der Waals surface area contributed by atoms with Crippen LogP contribution in [0.2, 0.25) is 0 Å². The number of nitrogens with zero attached hydrogens (tertiary/aromatic N) is 3. The Bertz CT molecular complexity index is 1540. The minimum atomic E-state index is -0.334. The number of pyridine rings is 2. The molecule has 8 bridgehead atoms. The van der Waals surface area contributed by atoms with Crippen molar-refractivity contribution in [2.24, 2.45) is 0 Å². The second-order valence-corrected chi connectivity index (χ2v) is 9.53. The minimum Gasteiger partial charge on any atom is -0.494 e. The summed E-state index contributed by atoms with van der Waals surface area (Å²) >= 11 is 0. The number of rotatable bonds is 1. The highest BCUT2D eigenvalue weighted by molar-refractivity contribution is 5.95. The predicted octanol–water partition coefficient (Wildman–Crippen LogP) is 4.15. The Morgan fingerprint density at radius 3 is 2.79 bits per heavy atom. The third-order valence-electron chi connectivity index (χ3n) is 6.90. The van der Waals surface area contributed by atoms with Crippen molar-refractivity contribution in [1.29, 1.82) is 0 Å². The molecular weight excluding hydrogens is 494 g/mol. The quantitative estimate of drug-likeness (QED) is 0.386. The lowest BCUT2D eigenvalue weighted by molar-refractivity contribution is 0.0693. The van der Waals surface area contributed by atoms with Crippen LogP contribution in [0.3, 0.4) is 0 Å². The molecular formula is C30H27N5O4. The van der Waals surface area contributed by atoms with E-state index in [2.05, 4.69) is 15.3 Å². The number of amides is 2. The van der Waals surface area contributed by atoms with Crippen LogP contribution < -0.4 is 20.5 Å². The van der Waals surface area contributed by atoms with E-state index in [1.165, 1.54) is 12.4 Å². The number of hydrogen-bond donors (Lipinski definition) is 2. The molecule has 2 amide bonds. The first-order valence-corrected chi connectivity index (χ1v) is 12.8. The largest absolute Gasteiger partial charge is 0.494 e. The summed E-state index contributed by atoms with van der Waals surface area (Å²) in [4.78, 5) is 36.5. The van der Waals surface area contributed by atoms with Gasteiger partial charge in [-0.3, -0.25) is 14.6 Å². The van der Waals surface area contributed by atoms with Crippen molar-refractivity contribution in [1.82, 2.24) is 20.2 Å². The molecule has 3 aliphatic heterocycles. The van der Waals surface area contributed by atoms with Crippen LogP contribution in [-0.2, 0) is 6.42 Å². The Labute approximate surface area is 225 Å². The number of carbonyl (C=O) groups excluding carboxylic acids is 2. The van der Waals surface area contributed by atoms with Gasteiger partial charge in [0.15, 0.2) is 0 Å². The number of ether oxygens (including phenoxy) is 2. The number of carbonyl (C=O) groups is 2. The zero-order valence-electron chi connectivity index (χ0n) is 21.2. The van der Waals surface area contributed by atoms with E-state index in [1.807, 2.05) is 47.4 Å². The molecule has 0 spiro atoms. The SMILES string of the molecule is Nc1ccc(C(=O)N2CCc3cc4ccc3C2c2cccc(c2)OCCCNC(=O)c2cncc(c2)O4)cn1. The van der Waals surface area contributed by atoms with E-state index in [1.54, 1.807) is 24.4 Å². The first-order valence-electron chi connectivity index (χ1n) is 12.8. The van der Waals surface area contributed by atoms with Crippen LogP contribution in [0.25, 0.3) is 0 Å². The predicted molar refractivity (Wildman–Crippen MR) is 145 cm³/mol. The molecule has 2 aromatic heterocycles. The maximum absolute atomic E-state index is 13.7. The van der Waals surface area contributed by atoms with Crippen LogP contribution >= 0.6 is 0 Å². The minimum absolute atomic E-state index is 0.120. The second kappa shape index (κ2) is 10.4. The summed E-state index contributed by atoms with van der Waals surface area (Å²) in [7, 11) is 0. The van der Waals surface area contributed by atoms with E-state index in [9.17, 15) is 9.59 Å². The van der Waals surface area contributed by atoms with Crippen molar-refractivity contribution in [3.8, 4) is 17.2 Å². The molecule has 7 rings (SSSR count). The summed E-state index contributed by atoms with van der Waals surface area (Å²) in [5, 5.41) is 2.90. The molecule has 196 valence electrons. The molecule has 2 aromatic carbocycles. The summed E-state index contributed by atoms with van der Waals surface area (Å²) in [5.41, 5.74) is 9.68. The van der Waals surface area contributed by atoms with Crippen LogP contribution in [0.5, 0.6) is 17.2 Å².